The highest BCUT2D eigenvalue weighted by molar-refractivity contribution is 7.08. The molecule has 0 unspecified atom stereocenters. The van der Waals surface area contributed by atoms with Crippen LogP contribution in [-0.2, 0) is 6.42 Å². The molecule has 0 bridgehead atoms. The number of nitrogens with zero attached hydrogens (tertiary/aromatic N) is 3. The molecule has 2 heterocycles. The van der Waals surface area contributed by atoms with Gasteiger partial charge in [0, 0.05) is 10.9 Å². The lowest BCUT2D eigenvalue weighted by molar-refractivity contribution is 0.0696. The van der Waals surface area contributed by atoms with Crippen molar-refractivity contribution in [2.45, 2.75) is 12.4 Å². The fraction of sp³-hybridized carbons (Fsp3) is 0.133. The third kappa shape index (κ3) is 3.53. The number of rotatable bonds is 6. The van der Waals surface area contributed by atoms with E-state index in [0.29, 0.717) is 11.3 Å². The van der Waals surface area contributed by atoms with E-state index in [0.717, 1.165) is 5.56 Å². The first-order valence-electron chi connectivity index (χ1n) is 7.17. The standard InChI is InChI=1S/C15H14BN3O4S/c20-15(21)11-3-1-2-10(6-11)7-14(16(22)23)19-8-13(17-18-19)12-4-5-24-9-12/h1-6,8-9,14,22-23H,7H2,(H,20,21)/t14-/m0/s1. The van der Waals surface area contributed by atoms with Gasteiger partial charge in [0.05, 0.1) is 17.7 Å². The van der Waals surface area contributed by atoms with Crippen LogP contribution in [0.5, 0.6) is 0 Å². The minimum Gasteiger partial charge on any atom is -0.478 e. The zero-order chi connectivity index (χ0) is 17.1. The molecule has 0 saturated carbocycles. The highest BCUT2D eigenvalue weighted by atomic mass is 32.1. The third-order valence-electron chi connectivity index (χ3n) is 3.63. The minimum absolute atomic E-state index is 0.149. The Morgan fingerprint density at radius 2 is 2.17 bits per heavy atom. The molecule has 9 heteroatoms. The molecule has 0 saturated heterocycles. The molecule has 1 aromatic carbocycles. The van der Waals surface area contributed by atoms with E-state index in [4.69, 9.17) is 5.11 Å². The monoisotopic (exact) mass is 343 g/mol. The van der Waals surface area contributed by atoms with Gasteiger partial charge in [0.2, 0.25) is 0 Å². The van der Waals surface area contributed by atoms with Crippen molar-refractivity contribution in [1.82, 2.24) is 15.0 Å². The van der Waals surface area contributed by atoms with E-state index in [9.17, 15) is 14.8 Å². The molecule has 0 radical (unpaired) electrons. The van der Waals surface area contributed by atoms with Gasteiger partial charge in [-0.15, -0.1) is 5.10 Å². The second-order valence-electron chi connectivity index (χ2n) is 5.29. The molecule has 0 fully saturated rings. The predicted octanol–water partition coefficient (Wildman–Crippen LogP) is 1.50. The number of hydrogen-bond acceptors (Lipinski definition) is 6. The maximum Gasteiger partial charge on any atom is 0.478 e. The number of benzene rings is 1. The van der Waals surface area contributed by atoms with Crippen LogP contribution in [0, 0.1) is 0 Å². The maximum absolute atomic E-state index is 11.1. The van der Waals surface area contributed by atoms with Gasteiger partial charge in [-0.05, 0) is 35.6 Å². The summed E-state index contributed by atoms with van der Waals surface area (Å²) >= 11 is 1.53. The molecule has 3 aromatic rings. The van der Waals surface area contributed by atoms with Crippen LogP contribution >= 0.6 is 11.3 Å². The van der Waals surface area contributed by atoms with Crippen LogP contribution in [0.4, 0.5) is 0 Å². The maximum atomic E-state index is 11.1. The number of carboxylic acids is 1. The zero-order valence-electron chi connectivity index (χ0n) is 12.5. The molecule has 0 aliphatic carbocycles. The van der Waals surface area contributed by atoms with Crippen molar-refractivity contribution in [1.29, 1.82) is 0 Å². The van der Waals surface area contributed by atoms with Gasteiger partial charge in [-0.2, -0.15) is 11.3 Å². The lowest BCUT2D eigenvalue weighted by atomic mass is 9.76. The summed E-state index contributed by atoms with van der Waals surface area (Å²) < 4.78 is 1.39. The number of aromatic carboxylic acids is 1. The second kappa shape index (κ2) is 6.96. The van der Waals surface area contributed by atoms with Crippen molar-refractivity contribution in [3.05, 3.63) is 58.4 Å². The van der Waals surface area contributed by atoms with Gasteiger partial charge in [0.15, 0.2) is 0 Å². The van der Waals surface area contributed by atoms with Gasteiger partial charge in [-0.25, -0.2) is 4.79 Å². The summed E-state index contributed by atoms with van der Waals surface area (Å²) in [5, 5.41) is 40.3. The van der Waals surface area contributed by atoms with Crippen LogP contribution in [0.1, 0.15) is 21.9 Å². The molecule has 0 aliphatic rings. The second-order valence-corrected chi connectivity index (χ2v) is 6.07. The Hall–Kier alpha value is -2.49. The molecule has 3 N–H and O–H groups in total. The van der Waals surface area contributed by atoms with Gasteiger partial charge in [-0.3, -0.25) is 4.68 Å². The Morgan fingerprint density at radius 3 is 2.83 bits per heavy atom. The summed E-state index contributed by atoms with van der Waals surface area (Å²) in [6, 6.07) is 8.25. The van der Waals surface area contributed by atoms with Crippen LogP contribution < -0.4 is 0 Å². The molecule has 0 amide bonds. The molecule has 24 heavy (non-hydrogen) atoms. The number of carbonyl (C=O) groups is 1. The van der Waals surface area contributed by atoms with Crippen molar-refractivity contribution < 1.29 is 19.9 Å². The summed E-state index contributed by atoms with van der Waals surface area (Å²) in [6.07, 6.45) is 1.86. The fourth-order valence-corrected chi connectivity index (χ4v) is 3.04. The van der Waals surface area contributed by atoms with Crippen LogP contribution in [0.15, 0.2) is 47.3 Å². The Balaban J connectivity index is 1.85. The highest BCUT2D eigenvalue weighted by Crippen LogP contribution is 2.22. The van der Waals surface area contributed by atoms with E-state index in [-0.39, 0.29) is 12.0 Å². The van der Waals surface area contributed by atoms with Gasteiger partial charge in [-0.1, -0.05) is 17.3 Å². The molecule has 1 atom stereocenters. The van der Waals surface area contributed by atoms with E-state index in [1.165, 1.54) is 28.2 Å². The van der Waals surface area contributed by atoms with Crippen LogP contribution in [0.25, 0.3) is 11.3 Å². The van der Waals surface area contributed by atoms with Crippen molar-refractivity contribution in [3.8, 4) is 11.3 Å². The van der Waals surface area contributed by atoms with Gasteiger partial charge in [0.25, 0.3) is 0 Å². The largest absolute Gasteiger partial charge is 0.478 e. The third-order valence-corrected chi connectivity index (χ3v) is 4.31. The van der Waals surface area contributed by atoms with Crippen molar-refractivity contribution in [2.75, 3.05) is 0 Å². The molecule has 122 valence electrons. The highest BCUT2D eigenvalue weighted by Gasteiger charge is 2.27. The van der Waals surface area contributed by atoms with E-state index < -0.39 is 19.0 Å². The Morgan fingerprint density at radius 1 is 1.33 bits per heavy atom. The fourth-order valence-electron chi connectivity index (χ4n) is 2.39. The predicted molar refractivity (Wildman–Crippen MR) is 89.7 cm³/mol. The quantitative estimate of drug-likeness (QED) is 0.586. The average Bonchev–Trinajstić information content (AvgIpc) is 3.23. The molecule has 7 nitrogen and oxygen atoms in total. The molecule has 3 rings (SSSR count). The minimum atomic E-state index is -1.66. The number of aromatic nitrogens is 3. The molecule has 2 aromatic heterocycles. The van der Waals surface area contributed by atoms with E-state index >= 15 is 0 Å². The normalized spacial score (nSPS) is 12.1. The summed E-state index contributed by atoms with van der Waals surface area (Å²) in [5.41, 5.74) is 2.36. The van der Waals surface area contributed by atoms with Crippen LogP contribution in [-0.4, -0.2) is 43.2 Å². The topological polar surface area (TPSA) is 108 Å². The summed E-state index contributed by atoms with van der Waals surface area (Å²) in [4.78, 5) is 11.1. The summed E-state index contributed by atoms with van der Waals surface area (Å²) in [6.45, 7) is 0. The van der Waals surface area contributed by atoms with Crippen LogP contribution in [0.3, 0.4) is 0 Å². The average molecular weight is 343 g/mol. The number of carboxylic acid groups (broad SMARTS) is 1. The molecule has 0 spiro atoms. The van der Waals surface area contributed by atoms with Crippen molar-refractivity contribution in [2.24, 2.45) is 0 Å². The molecular formula is C15H14BN3O4S. The SMILES string of the molecule is O=C(O)c1cccc(C[C@@H](B(O)O)n2cc(-c3ccsc3)nn2)c1. The first kappa shape index (κ1) is 16.4. The Bertz CT molecular complexity index is 835. The summed E-state index contributed by atoms with van der Waals surface area (Å²) in [7, 11) is -1.66. The first-order valence-corrected chi connectivity index (χ1v) is 8.11. The zero-order valence-corrected chi connectivity index (χ0v) is 13.3. The van der Waals surface area contributed by atoms with E-state index in [1.54, 1.807) is 18.3 Å². The lowest BCUT2D eigenvalue weighted by Gasteiger charge is -2.16. The Labute approximate surface area is 142 Å². The van der Waals surface area contributed by atoms with E-state index in [2.05, 4.69) is 10.3 Å². The first-order chi connectivity index (χ1) is 11.5. The van der Waals surface area contributed by atoms with Gasteiger partial charge < -0.3 is 15.2 Å². The molecular weight excluding hydrogens is 329 g/mol. The van der Waals surface area contributed by atoms with Crippen molar-refractivity contribution in [3.63, 3.8) is 0 Å². The van der Waals surface area contributed by atoms with Crippen molar-refractivity contribution >= 4 is 24.4 Å². The van der Waals surface area contributed by atoms with Gasteiger partial charge in [0.1, 0.15) is 5.69 Å². The van der Waals surface area contributed by atoms with Gasteiger partial charge >= 0.3 is 13.1 Å². The molecule has 0 aliphatic heterocycles. The smallest absolute Gasteiger partial charge is 0.478 e. The number of thiophene rings is 1. The Kier molecular flexibility index (Phi) is 4.75. The summed E-state index contributed by atoms with van der Waals surface area (Å²) in [5.74, 6) is -1.80. The van der Waals surface area contributed by atoms with Crippen LogP contribution in [0.2, 0.25) is 0 Å². The van der Waals surface area contributed by atoms with E-state index in [1.807, 2.05) is 16.8 Å². The lowest BCUT2D eigenvalue weighted by Crippen LogP contribution is -2.31. The number of hydrogen-bond donors (Lipinski definition) is 3.